The van der Waals surface area contributed by atoms with E-state index in [-0.39, 0.29) is 16.0 Å². The van der Waals surface area contributed by atoms with Crippen molar-refractivity contribution in [3.63, 3.8) is 0 Å². The lowest BCUT2D eigenvalue weighted by atomic mass is 10.2. The molecule has 1 amide bonds. The van der Waals surface area contributed by atoms with Crippen LogP contribution in [0.2, 0.25) is 0 Å². The molecule has 5 nitrogen and oxygen atoms in total. The summed E-state index contributed by atoms with van der Waals surface area (Å²) in [7, 11) is -3.33. The van der Waals surface area contributed by atoms with Gasteiger partial charge in [-0.25, -0.2) is 13.4 Å². The van der Waals surface area contributed by atoms with Crippen LogP contribution >= 0.6 is 11.3 Å². The molecule has 1 N–H and O–H groups in total. The molecular weight excluding hydrogens is 296 g/mol. The maximum absolute atomic E-state index is 11.8. The summed E-state index contributed by atoms with van der Waals surface area (Å²) in [6.07, 6.45) is 6.16. The van der Waals surface area contributed by atoms with Crippen LogP contribution in [-0.2, 0) is 9.84 Å². The van der Waals surface area contributed by atoms with Crippen molar-refractivity contribution in [3.05, 3.63) is 23.2 Å². The van der Waals surface area contributed by atoms with Crippen LogP contribution in [0.25, 0.3) is 0 Å². The van der Waals surface area contributed by atoms with Gasteiger partial charge in [0.1, 0.15) is 4.88 Å². The lowest BCUT2D eigenvalue weighted by Gasteiger charge is -2.00. The molecule has 1 aromatic rings. The van der Waals surface area contributed by atoms with Crippen LogP contribution in [0.15, 0.2) is 22.7 Å². The predicted molar refractivity (Wildman–Crippen MR) is 80.8 cm³/mol. The molecule has 0 atom stereocenters. The quantitative estimate of drug-likeness (QED) is 0.618. The molecule has 0 fully saturated rings. The molecule has 0 saturated heterocycles. The van der Waals surface area contributed by atoms with E-state index in [1.54, 1.807) is 6.92 Å². The molecular formula is C13H20N2O3S2. The zero-order chi connectivity index (χ0) is 15.2. The Morgan fingerprint density at radius 3 is 2.80 bits per heavy atom. The lowest BCUT2D eigenvalue weighted by Crippen LogP contribution is -2.23. The van der Waals surface area contributed by atoms with Gasteiger partial charge in [0.05, 0.1) is 11.9 Å². The maximum atomic E-state index is 11.8. The smallest absolute Gasteiger partial charge is 0.263 e. The number of hydrogen-bond acceptors (Lipinski definition) is 5. The second kappa shape index (κ2) is 7.54. The van der Waals surface area contributed by atoms with Crippen molar-refractivity contribution in [2.75, 3.05) is 12.3 Å². The Balaban J connectivity index is 2.53. The molecule has 0 aliphatic rings. The molecule has 1 rings (SSSR count). The Morgan fingerprint density at radius 1 is 1.50 bits per heavy atom. The minimum absolute atomic E-state index is 0.00449. The third-order valence-corrected chi connectivity index (χ3v) is 5.67. The first-order chi connectivity index (χ1) is 9.36. The lowest BCUT2D eigenvalue weighted by molar-refractivity contribution is 0.0958. The molecule has 0 saturated carbocycles. The van der Waals surface area contributed by atoms with Crippen LogP contribution in [0.4, 0.5) is 0 Å². The monoisotopic (exact) mass is 316 g/mol. The third kappa shape index (κ3) is 5.05. The highest BCUT2D eigenvalue weighted by atomic mass is 32.2. The molecule has 7 heteroatoms. The minimum Gasteiger partial charge on any atom is -0.351 e. The van der Waals surface area contributed by atoms with Gasteiger partial charge in [-0.2, -0.15) is 0 Å². The molecule has 0 unspecified atom stereocenters. The van der Waals surface area contributed by atoms with E-state index in [9.17, 15) is 13.2 Å². The Hall–Kier alpha value is -1.21. The molecule has 0 aliphatic heterocycles. The van der Waals surface area contributed by atoms with Gasteiger partial charge in [-0.1, -0.05) is 44.3 Å². The van der Waals surface area contributed by atoms with Crippen LogP contribution in [0.3, 0.4) is 0 Å². The zero-order valence-electron chi connectivity index (χ0n) is 11.9. The first-order valence-electron chi connectivity index (χ1n) is 6.50. The van der Waals surface area contributed by atoms with Crippen molar-refractivity contribution in [1.82, 2.24) is 10.3 Å². The first-order valence-corrected chi connectivity index (χ1v) is 8.97. The summed E-state index contributed by atoms with van der Waals surface area (Å²) in [6.45, 7) is 6.25. The van der Waals surface area contributed by atoms with Crippen LogP contribution in [-0.4, -0.2) is 31.6 Å². The van der Waals surface area contributed by atoms with Crippen molar-refractivity contribution in [2.45, 2.75) is 31.5 Å². The number of sulfone groups is 1. The van der Waals surface area contributed by atoms with E-state index in [0.29, 0.717) is 17.3 Å². The zero-order valence-corrected chi connectivity index (χ0v) is 13.6. The number of rotatable bonds is 7. The summed E-state index contributed by atoms with van der Waals surface area (Å²) < 4.78 is 23.2. The van der Waals surface area contributed by atoms with Gasteiger partial charge in [-0.15, -0.1) is 0 Å². The average molecular weight is 316 g/mol. The standard InChI is InChI=1S/C13H20N2O3S2/c1-4-20(17,18)13-15-9-11(19-13)12(16)14-8-6-5-7-10(2)3/h5,7,9-10H,4,6,8H2,1-3H3,(H,14,16)/b7-5+. The second-order valence-corrected chi connectivity index (χ2v) is 8.09. The number of aromatic nitrogens is 1. The number of hydrogen-bond donors (Lipinski definition) is 1. The Bertz CT molecular complexity index is 574. The van der Waals surface area contributed by atoms with Crippen LogP contribution in [0.5, 0.6) is 0 Å². The number of carbonyl (C=O) groups is 1. The highest BCUT2D eigenvalue weighted by Gasteiger charge is 2.18. The van der Waals surface area contributed by atoms with Crippen molar-refractivity contribution in [3.8, 4) is 0 Å². The van der Waals surface area contributed by atoms with Gasteiger partial charge in [0.25, 0.3) is 5.91 Å². The van der Waals surface area contributed by atoms with E-state index in [1.807, 2.05) is 6.08 Å². The fourth-order valence-corrected chi connectivity index (χ4v) is 3.51. The Kier molecular flexibility index (Phi) is 6.35. The van der Waals surface area contributed by atoms with Gasteiger partial charge < -0.3 is 5.32 Å². The minimum atomic E-state index is -3.33. The van der Waals surface area contributed by atoms with E-state index >= 15 is 0 Å². The maximum Gasteiger partial charge on any atom is 0.263 e. The van der Waals surface area contributed by atoms with Gasteiger partial charge in [-0.3, -0.25) is 4.79 Å². The highest BCUT2D eigenvalue weighted by molar-refractivity contribution is 7.93. The molecule has 0 bridgehead atoms. The summed E-state index contributed by atoms with van der Waals surface area (Å²) in [4.78, 5) is 15.9. The van der Waals surface area contributed by atoms with E-state index in [2.05, 4.69) is 30.2 Å². The molecule has 1 aromatic heterocycles. The number of carbonyl (C=O) groups excluding carboxylic acids is 1. The Labute approximate surface area is 124 Å². The molecule has 20 heavy (non-hydrogen) atoms. The van der Waals surface area contributed by atoms with Crippen LogP contribution in [0.1, 0.15) is 36.9 Å². The summed E-state index contributed by atoms with van der Waals surface area (Å²) in [6, 6.07) is 0. The molecule has 112 valence electrons. The first kappa shape index (κ1) is 16.8. The van der Waals surface area contributed by atoms with Gasteiger partial charge in [0.2, 0.25) is 14.2 Å². The third-order valence-electron chi connectivity index (χ3n) is 2.47. The molecule has 0 radical (unpaired) electrons. The van der Waals surface area contributed by atoms with Crippen molar-refractivity contribution in [2.24, 2.45) is 5.92 Å². The largest absolute Gasteiger partial charge is 0.351 e. The number of allylic oxidation sites excluding steroid dienone is 1. The fourth-order valence-electron chi connectivity index (χ4n) is 1.35. The number of nitrogens with zero attached hydrogens (tertiary/aromatic N) is 1. The Morgan fingerprint density at radius 2 is 2.20 bits per heavy atom. The van der Waals surface area contributed by atoms with Crippen molar-refractivity contribution < 1.29 is 13.2 Å². The summed E-state index contributed by atoms with van der Waals surface area (Å²) in [5.41, 5.74) is 0. The van der Waals surface area contributed by atoms with E-state index in [4.69, 9.17) is 0 Å². The summed E-state index contributed by atoms with van der Waals surface area (Å²) >= 11 is 0.912. The summed E-state index contributed by atoms with van der Waals surface area (Å²) in [5, 5.41) is 2.74. The van der Waals surface area contributed by atoms with Gasteiger partial charge in [0.15, 0.2) is 0 Å². The van der Waals surface area contributed by atoms with Gasteiger partial charge >= 0.3 is 0 Å². The van der Waals surface area contributed by atoms with Crippen LogP contribution in [0, 0.1) is 5.92 Å². The number of thiazole rings is 1. The fraction of sp³-hybridized carbons (Fsp3) is 0.538. The van der Waals surface area contributed by atoms with E-state index in [1.165, 1.54) is 6.20 Å². The van der Waals surface area contributed by atoms with Crippen molar-refractivity contribution in [1.29, 1.82) is 0 Å². The van der Waals surface area contributed by atoms with Crippen LogP contribution < -0.4 is 5.32 Å². The number of amides is 1. The SMILES string of the molecule is CCS(=O)(=O)c1ncc(C(=O)NCC/C=C/C(C)C)s1. The summed E-state index contributed by atoms with van der Waals surface area (Å²) in [5.74, 6) is 0.202. The number of nitrogens with one attached hydrogen (secondary N) is 1. The van der Waals surface area contributed by atoms with E-state index < -0.39 is 9.84 Å². The van der Waals surface area contributed by atoms with Gasteiger partial charge in [0, 0.05) is 6.54 Å². The second-order valence-electron chi connectivity index (χ2n) is 4.61. The highest BCUT2D eigenvalue weighted by Crippen LogP contribution is 2.19. The van der Waals surface area contributed by atoms with Crippen molar-refractivity contribution >= 4 is 27.1 Å². The normalized spacial score (nSPS) is 12.2. The topological polar surface area (TPSA) is 76.1 Å². The van der Waals surface area contributed by atoms with Gasteiger partial charge in [-0.05, 0) is 12.3 Å². The molecule has 0 aromatic carbocycles. The molecule has 0 aliphatic carbocycles. The molecule has 0 spiro atoms. The molecule has 1 heterocycles. The average Bonchev–Trinajstić information content (AvgIpc) is 2.88. The van der Waals surface area contributed by atoms with E-state index in [0.717, 1.165) is 17.8 Å². The predicted octanol–water partition coefficient (Wildman–Crippen LogP) is 2.27.